The zero-order valence-electron chi connectivity index (χ0n) is 14.4. The van der Waals surface area contributed by atoms with Crippen LogP contribution in [0.2, 0.25) is 0 Å². The van der Waals surface area contributed by atoms with Crippen molar-refractivity contribution in [2.45, 2.75) is 18.9 Å². The van der Waals surface area contributed by atoms with Gasteiger partial charge in [0.25, 0.3) is 0 Å². The van der Waals surface area contributed by atoms with E-state index in [0.29, 0.717) is 18.9 Å². The van der Waals surface area contributed by atoms with Crippen molar-refractivity contribution in [2.75, 3.05) is 33.9 Å². The van der Waals surface area contributed by atoms with Crippen LogP contribution in [0.5, 0.6) is 11.5 Å². The fourth-order valence-corrected chi connectivity index (χ4v) is 3.31. The van der Waals surface area contributed by atoms with Gasteiger partial charge in [-0.3, -0.25) is 0 Å². The highest BCUT2D eigenvalue weighted by atomic mass is 16.5. The van der Waals surface area contributed by atoms with Gasteiger partial charge in [0, 0.05) is 32.0 Å². The second-order valence-electron chi connectivity index (χ2n) is 6.31. The molecule has 1 N–H and O–H groups in total. The van der Waals surface area contributed by atoms with Gasteiger partial charge in [-0.2, -0.15) is 0 Å². The van der Waals surface area contributed by atoms with Gasteiger partial charge in [0.2, 0.25) is 0 Å². The monoisotopic (exact) mass is 327 g/mol. The Balaban J connectivity index is 1.88. The molecule has 0 amide bonds. The van der Waals surface area contributed by atoms with Crippen LogP contribution in [-0.4, -0.2) is 43.9 Å². The van der Waals surface area contributed by atoms with E-state index in [-0.39, 0.29) is 6.61 Å². The first-order valence-corrected chi connectivity index (χ1v) is 8.40. The van der Waals surface area contributed by atoms with Gasteiger partial charge in [-0.25, -0.2) is 0 Å². The van der Waals surface area contributed by atoms with Gasteiger partial charge in [-0.1, -0.05) is 18.2 Å². The van der Waals surface area contributed by atoms with E-state index >= 15 is 0 Å². The van der Waals surface area contributed by atoms with Crippen LogP contribution in [0.3, 0.4) is 0 Å². The topological polar surface area (TPSA) is 41.9 Å². The normalized spacial score (nSPS) is 17.4. The van der Waals surface area contributed by atoms with Crippen molar-refractivity contribution < 1.29 is 14.6 Å². The van der Waals surface area contributed by atoms with Crippen molar-refractivity contribution in [2.24, 2.45) is 0 Å². The Hall–Kier alpha value is -2.04. The minimum atomic E-state index is 0.158. The number of rotatable bonds is 6. The molecule has 128 valence electrons. The van der Waals surface area contributed by atoms with Gasteiger partial charge >= 0.3 is 0 Å². The number of hydrogen-bond donors (Lipinski definition) is 1. The molecule has 3 rings (SSSR count). The molecule has 1 atom stereocenters. The smallest absolute Gasteiger partial charge is 0.119 e. The Kier molecular flexibility index (Phi) is 5.38. The van der Waals surface area contributed by atoms with E-state index < -0.39 is 0 Å². The average Bonchev–Trinajstić information content (AvgIpc) is 2.61. The molecule has 0 bridgehead atoms. The maximum Gasteiger partial charge on any atom is 0.119 e. The van der Waals surface area contributed by atoms with Gasteiger partial charge in [0.05, 0.1) is 13.7 Å². The number of methoxy groups -OCH3 is 1. The Morgan fingerprint density at radius 3 is 2.83 bits per heavy atom. The molecule has 1 unspecified atom stereocenters. The summed E-state index contributed by atoms with van der Waals surface area (Å²) in [5.74, 6) is 2.11. The Morgan fingerprint density at radius 1 is 1.17 bits per heavy atom. The van der Waals surface area contributed by atoms with Crippen LogP contribution in [0, 0.1) is 0 Å². The number of fused-ring (bicyclic) bond motifs is 1. The molecule has 1 aliphatic heterocycles. The lowest BCUT2D eigenvalue weighted by Gasteiger charge is -2.33. The number of hydrogen-bond acceptors (Lipinski definition) is 4. The van der Waals surface area contributed by atoms with E-state index in [9.17, 15) is 0 Å². The second-order valence-corrected chi connectivity index (χ2v) is 6.31. The molecular weight excluding hydrogens is 302 g/mol. The van der Waals surface area contributed by atoms with Gasteiger partial charge in [0.15, 0.2) is 0 Å². The fourth-order valence-electron chi connectivity index (χ4n) is 3.31. The molecule has 0 saturated carbocycles. The molecule has 0 aromatic heterocycles. The first-order chi connectivity index (χ1) is 11.7. The lowest BCUT2D eigenvalue weighted by Crippen LogP contribution is -2.31. The van der Waals surface area contributed by atoms with E-state index in [1.54, 1.807) is 7.11 Å². The van der Waals surface area contributed by atoms with Gasteiger partial charge in [-0.15, -0.1) is 0 Å². The van der Waals surface area contributed by atoms with E-state index in [1.807, 2.05) is 12.1 Å². The highest BCUT2D eigenvalue weighted by molar-refractivity contribution is 5.45. The number of aliphatic hydroxyl groups is 1. The molecule has 0 aliphatic carbocycles. The maximum atomic E-state index is 8.88. The minimum absolute atomic E-state index is 0.158. The SMILES string of the molecule is COc1cccc(C2CN(C)Cc3cc(OCCCO)ccc32)c1. The number of likely N-dealkylation sites (N-methyl/N-ethyl adjacent to an activating group) is 1. The van der Waals surface area contributed by atoms with Crippen molar-refractivity contribution in [3.8, 4) is 11.5 Å². The van der Waals surface area contributed by atoms with Crippen LogP contribution in [0.1, 0.15) is 29.0 Å². The van der Waals surface area contributed by atoms with Crippen molar-refractivity contribution in [1.82, 2.24) is 4.90 Å². The standard InChI is InChI=1S/C20H25NO3/c1-21-13-16-12-18(24-10-4-9-22)7-8-19(16)20(14-21)15-5-3-6-17(11-15)23-2/h3,5-8,11-12,20,22H,4,9-10,13-14H2,1-2H3. The summed E-state index contributed by atoms with van der Waals surface area (Å²) in [6.45, 7) is 2.62. The molecule has 0 saturated heterocycles. The molecule has 1 heterocycles. The van der Waals surface area contributed by atoms with Crippen molar-refractivity contribution in [3.05, 3.63) is 59.2 Å². The average molecular weight is 327 g/mol. The summed E-state index contributed by atoms with van der Waals surface area (Å²) in [5, 5.41) is 8.88. The van der Waals surface area contributed by atoms with Crippen LogP contribution < -0.4 is 9.47 Å². The fraction of sp³-hybridized carbons (Fsp3) is 0.400. The lowest BCUT2D eigenvalue weighted by atomic mass is 9.84. The van der Waals surface area contributed by atoms with Gasteiger partial charge in [-0.05, 0) is 48.0 Å². The summed E-state index contributed by atoms with van der Waals surface area (Å²) < 4.78 is 11.1. The van der Waals surface area contributed by atoms with Gasteiger partial charge < -0.3 is 19.5 Å². The van der Waals surface area contributed by atoms with E-state index in [0.717, 1.165) is 24.6 Å². The Morgan fingerprint density at radius 2 is 2.04 bits per heavy atom. The zero-order valence-corrected chi connectivity index (χ0v) is 14.4. The summed E-state index contributed by atoms with van der Waals surface area (Å²) in [4.78, 5) is 2.34. The summed E-state index contributed by atoms with van der Waals surface area (Å²) in [7, 11) is 3.85. The third-order valence-electron chi connectivity index (χ3n) is 4.49. The molecule has 2 aromatic rings. The largest absolute Gasteiger partial charge is 0.497 e. The molecule has 24 heavy (non-hydrogen) atoms. The predicted octanol–water partition coefficient (Wildman–Crippen LogP) is 3.03. The highest BCUT2D eigenvalue weighted by Crippen LogP contribution is 2.35. The number of aliphatic hydroxyl groups excluding tert-OH is 1. The van der Waals surface area contributed by atoms with Crippen molar-refractivity contribution in [1.29, 1.82) is 0 Å². The molecule has 0 fully saturated rings. The van der Waals surface area contributed by atoms with Crippen LogP contribution in [0.15, 0.2) is 42.5 Å². The third kappa shape index (κ3) is 3.71. The number of nitrogens with zero attached hydrogens (tertiary/aromatic N) is 1. The summed E-state index contributed by atoms with van der Waals surface area (Å²) in [5.41, 5.74) is 3.94. The first kappa shape index (κ1) is 16.8. The molecular formula is C20H25NO3. The first-order valence-electron chi connectivity index (χ1n) is 8.40. The van der Waals surface area contributed by atoms with E-state index in [2.05, 4.69) is 42.3 Å². The molecule has 0 radical (unpaired) electrons. The van der Waals surface area contributed by atoms with Crippen molar-refractivity contribution in [3.63, 3.8) is 0 Å². The molecule has 4 heteroatoms. The highest BCUT2D eigenvalue weighted by Gasteiger charge is 2.25. The molecule has 1 aliphatic rings. The maximum absolute atomic E-state index is 8.88. The number of benzene rings is 2. The number of ether oxygens (including phenoxy) is 2. The molecule has 0 spiro atoms. The Bertz CT molecular complexity index is 686. The van der Waals surface area contributed by atoms with Crippen LogP contribution in [-0.2, 0) is 6.54 Å². The van der Waals surface area contributed by atoms with Crippen LogP contribution in [0.4, 0.5) is 0 Å². The zero-order chi connectivity index (χ0) is 16.9. The lowest BCUT2D eigenvalue weighted by molar-refractivity contribution is 0.233. The molecule has 2 aromatic carbocycles. The minimum Gasteiger partial charge on any atom is -0.497 e. The third-order valence-corrected chi connectivity index (χ3v) is 4.49. The molecule has 4 nitrogen and oxygen atoms in total. The summed E-state index contributed by atoms with van der Waals surface area (Å²) >= 11 is 0. The van der Waals surface area contributed by atoms with Crippen molar-refractivity contribution >= 4 is 0 Å². The summed E-state index contributed by atoms with van der Waals surface area (Å²) in [6, 6.07) is 14.7. The van der Waals surface area contributed by atoms with Crippen LogP contribution in [0.25, 0.3) is 0 Å². The quantitative estimate of drug-likeness (QED) is 0.828. The van der Waals surface area contributed by atoms with Gasteiger partial charge in [0.1, 0.15) is 11.5 Å². The van der Waals surface area contributed by atoms with E-state index in [1.165, 1.54) is 16.7 Å². The predicted molar refractivity (Wildman–Crippen MR) is 94.8 cm³/mol. The summed E-state index contributed by atoms with van der Waals surface area (Å²) in [6.07, 6.45) is 0.656. The van der Waals surface area contributed by atoms with Crippen LogP contribution >= 0.6 is 0 Å². The second kappa shape index (κ2) is 7.69. The Labute approximate surface area is 143 Å². The van der Waals surface area contributed by atoms with E-state index in [4.69, 9.17) is 14.6 Å².